The van der Waals surface area contributed by atoms with Gasteiger partial charge in [-0.05, 0) is 36.5 Å². The second kappa shape index (κ2) is 6.75. The van der Waals surface area contributed by atoms with Gasteiger partial charge in [-0.3, -0.25) is 4.79 Å². The average molecular weight is 275 g/mol. The summed E-state index contributed by atoms with van der Waals surface area (Å²) >= 11 is 0. The van der Waals surface area contributed by atoms with Crippen molar-refractivity contribution in [1.82, 2.24) is 5.32 Å². The molecule has 1 aliphatic rings. The topological polar surface area (TPSA) is 58.4 Å². The molecular formula is C16H25N3O. The van der Waals surface area contributed by atoms with Crippen LogP contribution in [-0.4, -0.2) is 25.0 Å². The molecule has 3 N–H and O–H groups in total. The van der Waals surface area contributed by atoms with E-state index in [1.54, 1.807) is 0 Å². The molecule has 1 aliphatic carbocycles. The zero-order valence-electron chi connectivity index (χ0n) is 12.4. The maximum absolute atomic E-state index is 12.0. The van der Waals surface area contributed by atoms with Crippen LogP contribution in [0.5, 0.6) is 0 Å². The summed E-state index contributed by atoms with van der Waals surface area (Å²) in [6.07, 6.45) is 2.35. The number of anilines is 1. The smallest absolute Gasteiger partial charge is 0.239 e. The molecule has 20 heavy (non-hydrogen) atoms. The largest absolute Gasteiger partial charge is 0.359 e. The Hall–Kier alpha value is -1.55. The van der Waals surface area contributed by atoms with Crippen molar-refractivity contribution in [2.24, 2.45) is 11.7 Å². The van der Waals surface area contributed by atoms with Crippen LogP contribution in [0.2, 0.25) is 0 Å². The summed E-state index contributed by atoms with van der Waals surface area (Å²) in [5, 5.41) is 2.99. The van der Waals surface area contributed by atoms with Gasteiger partial charge in [0.1, 0.15) is 0 Å². The van der Waals surface area contributed by atoms with Crippen LogP contribution in [0.15, 0.2) is 24.3 Å². The molecule has 0 heterocycles. The summed E-state index contributed by atoms with van der Waals surface area (Å²) in [7, 11) is 0. The SMILES string of the molecule is CC(C)CNC(=O)CN(c1ccc(CN)cc1)C1CC1. The molecule has 0 bridgehead atoms. The number of hydrogen-bond donors (Lipinski definition) is 2. The second-order valence-electron chi connectivity index (χ2n) is 5.93. The number of nitrogens with zero attached hydrogens (tertiary/aromatic N) is 1. The maximum Gasteiger partial charge on any atom is 0.239 e. The standard InChI is InChI=1S/C16H25N3O/c1-12(2)10-18-16(20)11-19(15-7-8-15)14-5-3-13(9-17)4-6-14/h3-6,12,15H,7-11,17H2,1-2H3,(H,18,20). The van der Waals surface area contributed by atoms with Gasteiger partial charge in [0.15, 0.2) is 0 Å². The lowest BCUT2D eigenvalue weighted by Crippen LogP contribution is -2.39. The zero-order chi connectivity index (χ0) is 14.5. The number of carbonyl (C=O) groups excluding carboxylic acids is 1. The molecule has 1 fully saturated rings. The van der Waals surface area contributed by atoms with Crippen LogP contribution >= 0.6 is 0 Å². The lowest BCUT2D eigenvalue weighted by molar-refractivity contribution is -0.119. The number of benzene rings is 1. The fourth-order valence-electron chi connectivity index (χ4n) is 2.17. The Morgan fingerprint density at radius 1 is 1.35 bits per heavy atom. The minimum absolute atomic E-state index is 0.105. The van der Waals surface area contributed by atoms with E-state index < -0.39 is 0 Å². The normalized spacial score (nSPS) is 14.4. The molecule has 0 aromatic heterocycles. The first kappa shape index (κ1) is 14.9. The van der Waals surface area contributed by atoms with Crippen LogP contribution in [0.3, 0.4) is 0 Å². The highest BCUT2D eigenvalue weighted by molar-refractivity contribution is 5.81. The summed E-state index contributed by atoms with van der Waals surface area (Å²) < 4.78 is 0. The predicted octanol–water partition coefficient (Wildman–Crippen LogP) is 1.89. The molecule has 1 saturated carbocycles. The van der Waals surface area contributed by atoms with Gasteiger partial charge in [-0.25, -0.2) is 0 Å². The predicted molar refractivity (Wildman–Crippen MR) is 82.5 cm³/mol. The van der Waals surface area contributed by atoms with Gasteiger partial charge < -0.3 is 16.0 Å². The van der Waals surface area contributed by atoms with Crippen molar-refractivity contribution >= 4 is 11.6 Å². The van der Waals surface area contributed by atoms with E-state index in [4.69, 9.17) is 5.73 Å². The Bertz CT molecular complexity index is 438. The fraction of sp³-hybridized carbons (Fsp3) is 0.562. The monoisotopic (exact) mass is 275 g/mol. The zero-order valence-corrected chi connectivity index (χ0v) is 12.4. The van der Waals surface area contributed by atoms with Gasteiger partial charge in [-0.1, -0.05) is 26.0 Å². The molecule has 0 unspecified atom stereocenters. The minimum atomic E-state index is 0.105. The highest BCUT2D eigenvalue weighted by Crippen LogP contribution is 2.31. The van der Waals surface area contributed by atoms with E-state index in [1.807, 2.05) is 12.1 Å². The molecule has 4 heteroatoms. The molecule has 1 aromatic rings. The summed E-state index contributed by atoms with van der Waals surface area (Å²) in [6, 6.07) is 8.73. The van der Waals surface area contributed by atoms with Crippen LogP contribution < -0.4 is 16.0 Å². The van der Waals surface area contributed by atoms with E-state index >= 15 is 0 Å². The number of hydrogen-bond acceptors (Lipinski definition) is 3. The van der Waals surface area contributed by atoms with Gasteiger partial charge in [0, 0.05) is 24.8 Å². The van der Waals surface area contributed by atoms with Crippen LogP contribution in [0.25, 0.3) is 0 Å². The van der Waals surface area contributed by atoms with Crippen LogP contribution in [-0.2, 0) is 11.3 Å². The summed E-state index contributed by atoms with van der Waals surface area (Å²) in [4.78, 5) is 14.2. The first-order valence-corrected chi connectivity index (χ1v) is 7.42. The van der Waals surface area contributed by atoms with Crippen molar-refractivity contribution in [2.45, 2.75) is 39.3 Å². The van der Waals surface area contributed by atoms with Gasteiger partial charge >= 0.3 is 0 Å². The Morgan fingerprint density at radius 2 is 2.00 bits per heavy atom. The van der Waals surface area contributed by atoms with Crippen molar-refractivity contribution in [1.29, 1.82) is 0 Å². The van der Waals surface area contributed by atoms with E-state index in [1.165, 1.54) is 12.8 Å². The molecular weight excluding hydrogens is 250 g/mol. The molecule has 110 valence electrons. The second-order valence-corrected chi connectivity index (χ2v) is 5.93. The molecule has 0 atom stereocenters. The third-order valence-corrected chi connectivity index (χ3v) is 3.51. The van der Waals surface area contributed by atoms with E-state index in [2.05, 4.69) is 36.2 Å². The molecule has 0 saturated heterocycles. The van der Waals surface area contributed by atoms with Crippen LogP contribution in [0, 0.1) is 5.92 Å². The summed E-state index contributed by atoms with van der Waals surface area (Å²) in [5.74, 6) is 0.589. The number of nitrogens with two attached hydrogens (primary N) is 1. The third-order valence-electron chi connectivity index (χ3n) is 3.51. The molecule has 2 rings (SSSR count). The molecule has 4 nitrogen and oxygen atoms in total. The first-order valence-electron chi connectivity index (χ1n) is 7.42. The Labute approximate surface area is 121 Å². The van der Waals surface area contributed by atoms with Crippen molar-refractivity contribution in [2.75, 3.05) is 18.0 Å². The van der Waals surface area contributed by atoms with Gasteiger partial charge in [-0.2, -0.15) is 0 Å². The van der Waals surface area contributed by atoms with Gasteiger partial charge in [0.05, 0.1) is 6.54 Å². The summed E-state index contributed by atoms with van der Waals surface area (Å²) in [6.45, 7) is 5.94. The molecule has 1 aromatic carbocycles. The van der Waals surface area contributed by atoms with E-state index in [-0.39, 0.29) is 5.91 Å². The van der Waals surface area contributed by atoms with Crippen LogP contribution in [0.4, 0.5) is 5.69 Å². The first-order chi connectivity index (χ1) is 9.60. The van der Waals surface area contributed by atoms with Crippen molar-refractivity contribution < 1.29 is 4.79 Å². The van der Waals surface area contributed by atoms with Crippen molar-refractivity contribution in [3.8, 4) is 0 Å². The summed E-state index contributed by atoms with van der Waals surface area (Å²) in [5.41, 5.74) is 7.85. The maximum atomic E-state index is 12.0. The highest BCUT2D eigenvalue weighted by atomic mass is 16.2. The molecule has 1 amide bonds. The minimum Gasteiger partial charge on any atom is -0.359 e. The fourth-order valence-corrected chi connectivity index (χ4v) is 2.17. The average Bonchev–Trinajstić information content (AvgIpc) is 3.27. The van der Waals surface area contributed by atoms with Gasteiger partial charge in [-0.15, -0.1) is 0 Å². The van der Waals surface area contributed by atoms with Crippen molar-refractivity contribution in [3.63, 3.8) is 0 Å². The van der Waals surface area contributed by atoms with Crippen molar-refractivity contribution in [3.05, 3.63) is 29.8 Å². The van der Waals surface area contributed by atoms with E-state index in [0.717, 1.165) is 17.8 Å². The highest BCUT2D eigenvalue weighted by Gasteiger charge is 2.30. The molecule has 0 radical (unpaired) electrons. The lowest BCUT2D eigenvalue weighted by Gasteiger charge is -2.24. The van der Waals surface area contributed by atoms with E-state index in [9.17, 15) is 4.79 Å². The Morgan fingerprint density at radius 3 is 2.50 bits per heavy atom. The Balaban J connectivity index is 1.97. The number of rotatable bonds is 7. The molecule has 0 aliphatic heterocycles. The van der Waals surface area contributed by atoms with Crippen LogP contribution in [0.1, 0.15) is 32.3 Å². The van der Waals surface area contributed by atoms with E-state index in [0.29, 0.717) is 25.0 Å². The van der Waals surface area contributed by atoms with Gasteiger partial charge in [0.25, 0.3) is 0 Å². The van der Waals surface area contributed by atoms with Gasteiger partial charge in [0.2, 0.25) is 5.91 Å². The number of carbonyl (C=O) groups is 1. The third kappa shape index (κ3) is 4.23. The number of nitrogens with one attached hydrogen (secondary N) is 1. The Kier molecular flexibility index (Phi) is 5.01. The number of amides is 1. The lowest BCUT2D eigenvalue weighted by atomic mass is 10.2. The molecule has 0 spiro atoms. The quantitative estimate of drug-likeness (QED) is 0.799.